The van der Waals surface area contributed by atoms with Gasteiger partial charge >= 0.3 is 17.1 Å². The van der Waals surface area contributed by atoms with Gasteiger partial charge in [0.25, 0.3) is 0 Å². The molecule has 0 aliphatic heterocycles. The van der Waals surface area contributed by atoms with E-state index in [0.717, 1.165) is 10.9 Å². The van der Waals surface area contributed by atoms with Crippen LogP contribution in [0.3, 0.4) is 0 Å². The van der Waals surface area contributed by atoms with Crippen molar-refractivity contribution < 1.29 is 17.1 Å². The van der Waals surface area contributed by atoms with E-state index < -0.39 is 0 Å². The van der Waals surface area contributed by atoms with Gasteiger partial charge in [-0.2, -0.15) is 0 Å². The fourth-order valence-electron chi connectivity index (χ4n) is 1.00. The second-order valence-corrected chi connectivity index (χ2v) is 3.83. The van der Waals surface area contributed by atoms with Gasteiger partial charge in [0.1, 0.15) is 0 Å². The Morgan fingerprint density at radius 3 is 1.64 bits per heavy atom. The molecule has 0 fully saturated rings. The second-order valence-electron chi connectivity index (χ2n) is 2.55. The van der Waals surface area contributed by atoms with E-state index in [0.29, 0.717) is 8.58 Å². The summed E-state index contributed by atoms with van der Waals surface area (Å²) < 4.78 is 0. The summed E-state index contributed by atoms with van der Waals surface area (Å²) in [7, 11) is 0.555. The summed E-state index contributed by atoms with van der Waals surface area (Å²) in [6, 6.07) is 11.9. The minimum absolute atomic E-state index is 0. The van der Waals surface area contributed by atoms with Crippen LogP contribution >= 0.6 is 8.58 Å². The number of rotatable bonds is 2. The van der Waals surface area contributed by atoms with E-state index in [4.69, 9.17) is 0 Å². The molecule has 73 valence electrons. The van der Waals surface area contributed by atoms with Crippen molar-refractivity contribution in [1.82, 2.24) is 9.97 Å². The van der Waals surface area contributed by atoms with Crippen molar-refractivity contribution in [1.29, 1.82) is 0 Å². The molecule has 0 amide bonds. The van der Waals surface area contributed by atoms with E-state index in [1.807, 2.05) is 48.8 Å². The molecule has 2 aromatic rings. The van der Waals surface area contributed by atoms with E-state index in [1.165, 1.54) is 0 Å². The van der Waals surface area contributed by atoms with Crippen molar-refractivity contribution in [3.05, 3.63) is 48.8 Å². The molecule has 2 aromatic heterocycles. The van der Waals surface area contributed by atoms with Crippen molar-refractivity contribution >= 4 is 19.5 Å². The van der Waals surface area contributed by atoms with E-state index in [1.54, 1.807) is 0 Å². The van der Waals surface area contributed by atoms with E-state index in [9.17, 15) is 0 Å². The van der Waals surface area contributed by atoms with Gasteiger partial charge in [0.05, 0.1) is 10.9 Å². The van der Waals surface area contributed by atoms with Crippen LogP contribution in [-0.2, 0) is 17.1 Å². The minimum Gasteiger partial charge on any atom is -0.256 e. The van der Waals surface area contributed by atoms with Gasteiger partial charge in [0.15, 0.2) is 0 Å². The molecule has 0 saturated carbocycles. The van der Waals surface area contributed by atoms with Gasteiger partial charge < -0.3 is 0 Å². The summed E-state index contributed by atoms with van der Waals surface area (Å²) in [6.45, 7) is 0. The maximum absolute atomic E-state index is 4.25. The number of hydrogen-bond acceptors (Lipinski definition) is 2. The zero-order valence-electron chi connectivity index (χ0n) is 7.31. The molecule has 0 N–H and O–H groups in total. The largest absolute Gasteiger partial charge is 2.00 e. The molecule has 0 unspecified atom stereocenters. The Morgan fingerprint density at radius 1 is 0.786 bits per heavy atom. The topological polar surface area (TPSA) is 25.8 Å². The molecule has 0 saturated heterocycles. The number of nitrogens with zero attached hydrogens (tertiary/aromatic N) is 2. The number of pyridine rings is 2. The molecule has 0 bridgehead atoms. The average molecular weight is 252 g/mol. The Bertz CT molecular complexity index is 329. The first-order valence-electron chi connectivity index (χ1n) is 4.04. The Kier molecular flexibility index (Phi) is 4.75. The van der Waals surface area contributed by atoms with Gasteiger partial charge in [-0.3, -0.25) is 9.97 Å². The molecular weight excluding hydrogens is 243 g/mol. The predicted molar refractivity (Wildman–Crippen MR) is 56.1 cm³/mol. The van der Waals surface area contributed by atoms with Gasteiger partial charge in [0, 0.05) is 12.4 Å². The number of hydrogen-bond donors (Lipinski definition) is 0. The SMILES string of the molecule is [Cu+2].c1ccc(Pc2ccccn2)nc1. The van der Waals surface area contributed by atoms with Crippen LogP contribution in [0.4, 0.5) is 0 Å². The van der Waals surface area contributed by atoms with Gasteiger partial charge in [-0.25, -0.2) is 0 Å². The summed E-state index contributed by atoms with van der Waals surface area (Å²) in [5, 5.41) is 0. The molecule has 2 heterocycles. The summed E-state index contributed by atoms with van der Waals surface area (Å²) in [5.41, 5.74) is 2.17. The van der Waals surface area contributed by atoms with Crippen LogP contribution < -0.4 is 10.9 Å². The molecular formula is C10H9CuN2P+2. The van der Waals surface area contributed by atoms with E-state index >= 15 is 0 Å². The zero-order chi connectivity index (χ0) is 8.93. The maximum Gasteiger partial charge on any atom is 2.00 e. The summed E-state index contributed by atoms with van der Waals surface area (Å²) >= 11 is 0. The first-order chi connectivity index (χ1) is 6.45. The van der Waals surface area contributed by atoms with Crippen molar-refractivity contribution in [3.8, 4) is 0 Å². The van der Waals surface area contributed by atoms with Gasteiger partial charge in [0.2, 0.25) is 0 Å². The van der Waals surface area contributed by atoms with Crippen molar-refractivity contribution in [2.75, 3.05) is 0 Å². The minimum atomic E-state index is 0. The second kappa shape index (κ2) is 5.87. The molecule has 2 nitrogen and oxygen atoms in total. The van der Waals surface area contributed by atoms with Gasteiger partial charge in [-0.1, -0.05) is 12.1 Å². The van der Waals surface area contributed by atoms with E-state index in [2.05, 4.69) is 9.97 Å². The van der Waals surface area contributed by atoms with Crippen LogP contribution in [0.15, 0.2) is 48.8 Å². The molecule has 0 atom stereocenters. The number of aromatic nitrogens is 2. The standard InChI is InChI=1S/C10H9N2P.Cu/c1-3-7-11-9(5-1)13-10-6-2-4-8-12-10;/h1-8,13H;/q;+2. The normalized spacial score (nSPS) is 9.14. The summed E-state index contributed by atoms with van der Waals surface area (Å²) in [6.07, 6.45) is 3.62. The predicted octanol–water partition coefficient (Wildman–Crippen LogP) is 1.10. The molecule has 0 aliphatic rings. The van der Waals surface area contributed by atoms with Crippen LogP contribution in [0.5, 0.6) is 0 Å². The van der Waals surface area contributed by atoms with Crippen molar-refractivity contribution in [2.45, 2.75) is 0 Å². The van der Waals surface area contributed by atoms with Gasteiger partial charge in [-0.15, -0.1) is 0 Å². The Balaban J connectivity index is 0.000000980. The Labute approximate surface area is 95.4 Å². The fourth-order valence-corrected chi connectivity index (χ4v) is 1.90. The summed E-state index contributed by atoms with van der Waals surface area (Å²) in [4.78, 5) is 8.49. The molecule has 14 heavy (non-hydrogen) atoms. The molecule has 1 radical (unpaired) electrons. The summed E-state index contributed by atoms with van der Waals surface area (Å²) in [5.74, 6) is 0. The third kappa shape index (κ3) is 3.19. The van der Waals surface area contributed by atoms with Crippen molar-refractivity contribution in [3.63, 3.8) is 0 Å². The van der Waals surface area contributed by atoms with Crippen molar-refractivity contribution in [2.24, 2.45) is 0 Å². The Morgan fingerprint density at radius 2 is 1.29 bits per heavy atom. The molecule has 0 aromatic carbocycles. The monoisotopic (exact) mass is 251 g/mol. The first-order valence-corrected chi connectivity index (χ1v) is 5.04. The smallest absolute Gasteiger partial charge is 0.256 e. The quantitative estimate of drug-likeness (QED) is 0.590. The average Bonchev–Trinajstić information content (AvgIpc) is 2.21. The third-order valence-electron chi connectivity index (χ3n) is 1.59. The van der Waals surface area contributed by atoms with Crippen LogP contribution in [0.1, 0.15) is 0 Å². The molecule has 4 heteroatoms. The van der Waals surface area contributed by atoms with E-state index in [-0.39, 0.29) is 17.1 Å². The molecule has 2 rings (SSSR count). The van der Waals surface area contributed by atoms with Crippen LogP contribution in [0.25, 0.3) is 0 Å². The van der Waals surface area contributed by atoms with Crippen LogP contribution in [0.2, 0.25) is 0 Å². The fraction of sp³-hybridized carbons (Fsp3) is 0. The first kappa shape index (κ1) is 11.3. The van der Waals surface area contributed by atoms with Gasteiger partial charge in [-0.05, 0) is 32.8 Å². The maximum atomic E-state index is 4.25. The third-order valence-corrected chi connectivity index (χ3v) is 2.69. The molecule has 0 aliphatic carbocycles. The molecule has 0 spiro atoms. The Hall–Kier alpha value is -0.751. The zero-order valence-corrected chi connectivity index (χ0v) is 9.26. The van der Waals surface area contributed by atoms with Crippen LogP contribution in [0, 0.1) is 0 Å². The van der Waals surface area contributed by atoms with Crippen LogP contribution in [-0.4, -0.2) is 9.97 Å².